The lowest BCUT2D eigenvalue weighted by molar-refractivity contribution is 0.182. The molecule has 0 bridgehead atoms. The second-order valence-corrected chi connectivity index (χ2v) is 5.41. The Morgan fingerprint density at radius 3 is 2.85 bits per heavy atom. The third kappa shape index (κ3) is 5.11. The lowest BCUT2D eigenvalue weighted by atomic mass is 10.2. The van der Waals surface area contributed by atoms with Gasteiger partial charge in [-0.2, -0.15) is 5.10 Å². The first-order valence-electron chi connectivity index (χ1n) is 6.61. The van der Waals surface area contributed by atoms with E-state index in [1.807, 2.05) is 14.1 Å². The molecule has 0 saturated heterocycles. The molecule has 1 unspecified atom stereocenters. The summed E-state index contributed by atoms with van der Waals surface area (Å²) in [6.07, 6.45) is 2.54. The van der Waals surface area contributed by atoms with Gasteiger partial charge in [-0.25, -0.2) is 4.68 Å². The summed E-state index contributed by atoms with van der Waals surface area (Å²) in [4.78, 5) is 14.1. The van der Waals surface area contributed by atoms with Crippen LogP contribution in [-0.4, -0.2) is 55.1 Å². The molecule has 6 nitrogen and oxygen atoms in total. The molecule has 7 heteroatoms. The maximum absolute atomic E-state index is 12.0. The molecule has 0 amide bonds. The number of hydrogen-bond donors (Lipinski definition) is 1. The second-order valence-electron chi connectivity index (χ2n) is 5.03. The van der Waals surface area contributed by atoms with Gasteiger partial charge in [0.15, 0.2) is 0 Å². The molecule has 0 fully saturated rings. The summed E-state index contributed by atoms with van der Waals surface area (Å²) in [6, 6.07) is 0.214. The summed E-state index contributed by atoms with van der Waals surface area (Å²) >= 11 is 6.10. The van der Waals surface area contributed by atoms with E-state index in [4.69, 9.17) is 16.3 Å². The van der Waals surface area contributed by atoms with E-state index in [9.17, 15) is 4.79 Å². The number of methoxy groups -OCH3 is 1. The molecule has 114 valence electrons. The highest BCUT2D eigenvalue weighted by molar-refractivity contribution is 6.32. The normalized spacial score (nSPS) is 12.7. The zero-order valence-electron chi connectivity index (χ0n) is 12.5. The van der Waals surface area contributed by atoms with Crippen molar-refractivity contribution in [2.24, 2.45) is 0 Å². The summed E-state index contributed by atoms with van der Waals surface area (Å²) in [6.45, 7) is 3.83. The Balaban J connectivity index is 2.72. The molecule has 0 aliphatic rings. The Morgan fingerprint density at radius 1 is 1.55 bits per heavy atom. The molecule has 0 aromatic carbocycles. The van der Waals surface area contributed by atoms with Crippen molar-refractivity contribution in [2.45, 2.75) is 25.9 Å². The molecule has 0 spiro atoms. The van der Waals surface area contributed by atoms with Crippen LogP contribution in [0.15, 0.2) is 11.0 Å². The van der Waals surface area contributed by atoms with E-state index in [1.54, 1.807) is 13.3 Å². The van der Waals surface area contributed by atoms with Crippen LogP contribution in [0.25, 0.3) is 0 Å². The van der Waals surface area contributed by atoms with Crippen molar-refractivity contribution in [3.63, 3.8) is 0 Å². The van der Waals surface area contributed by atoms with Crippen LogP contribution in [0.5, 0.6) is 0 Å². The maximum atomic E-state index is 12.0. The average Bonchev–Trinajstić information content (AvgIpc) is 2.41. The fraction of sp³-hybridized carbons (Fsp3) is 0.692. The SMILES string of the molecule is COCCn1ncc(NC(C)CCN(C)C)c(Cl)c1=O. The van der Waals surface area contributed by atoms with E-state index in [0.29, 0.717) is 18.8 Å². The van der Waals surface area contributed by atoms with Crippen molar-refractivity contribution in [2.75, 3.05) is 39.7 Å². The monoisotopic (exact) mass is 302 g/mol. The largest absolute Gasteiger partial charge is 0.383 e. The molecule has 1 atom stereocenters. The lowest BCUT2D eigenvalue weighted by Crippen LogP contribution is -2.28. The number of nitrogens with zero attached hydrogens (tertiary/aromatic N) is 3. The summed E-state index contributed by atoms with van der Waals surface area (Å²) in [5, 5.41) is 7.49. The molecular weight excluding hydrogens is 280 g/mol. The second kappa shape index (κ2) is 8.24. The van der Waals surface area contributed by atoms with E-state index >= 15 is 0 Å². The highest BCUT2D eigenvalue weighted by Gasteiger charge is 2.11. The predicted molar refractivity (Wildman–Crippen MR) is 81.6 cm³/mol. The molecular formula is C13H23ClN4O2. The van der Waals surface area contributed by atoms with Crippen molar-refractivity contribution in [1.82, 2.24) is 14.7 Å². The van der Waals surface area contributed by atoms with Crippen molar-refractivity contribution < 1.29 is 4.74 Å². The minimum Gasteiger partial charge on any atom is -0.383 e. The molecule has 1 rings (SSSR count). The first-order chi connectivity index (χ1) is 9.45. The van der Waals surface area contributed by atoms with E-state index < -0.39 is 0 Å². The van der Waals surface area contributed by atoms with Crippen LogP contribution < -0.4 is 10.9 Å². The van der Waals surface area contributed by atoms with Gasteiger partial charge in [0.2, 0.25) is 0 Å². The molecule has 0 radical (unpaired) electrons. The highest BCUT2D eigenvalue weighted by Crippen LogP contribution is 2.17. The standard InChI is InChI=1S/C13H23ClN4O2/c1-10(5-6-17(2)3)16-11-9-15-18(7-8-20-4)13(19)12(11)14/h9-10,16H,5-8H2,1-4H3. The number of ether oxygens (including phenoxy) is 1. The lowest BCUT2D eigenvalue weighted by Gasteiger charge is -2.18. The van der Waals surface area contributed by atoms with Crippen LogP contribution in [0.2, 0.25) is 5.02 Å². The van der Waals surface area contributed by atoms with Gasteiger partial charge < -0.3 is 15.0 Å². The third-order valence-electron chi connectivity index (χ3n) is 2.90. The van der Waals surface area contributed by atoms with Gasteiger partial charge in [-0.1, -0.05) is 11.6 Å². The van der Waals surface area contributed by atoms with Crippen LogP contribution in [0, 0.1) is 0 Å². The zero-order valence-corrected chi connectivity index (χ0v) is 13.3. The highest BCUT2D eigenvalue weighted by atomic mass is 35.5. The number of halogens is 1. The first-order valence-corrected chi connectivity index (χ1v) is 6.99. The number of anilines is 1. The van der Waals surface area contributed by atoms with Gasteiger partial charge >= 0.3 is 0 Å². The smallest absolute Gasteiger partial charge is 0.287 e. The van der Waals surface area contributed by atoms with Crippen molar-refractivity contribution in [1.29, 1.82) is 0 Å². The average molecular weight is 303 g/mol. The van der Waals surface area contributed by atoms with Crippen LogP contribution in [0.1, 0.15) is 13.3 Å². The van der Waals surface area contributed by atoms with Gasteiger partial charge in [0, 0.05) is 13.2 Å². The number of aromatic nitrogens is 2. The molecule has 1 heterocycles. The topological polar surface area (TPSA) is 59.4 Å². The first kappa shape index (κ1) is 16.9. The molecule has 0 aliphatic carbocycles. The van der Waals surface area contributed by atoms with Gasteiger partial charge in [0.05, 0.1) is 25.0 Å². The van der Waals surface area contributed by atoms with E-state index in [2.05, 4.69) is 22.2 Å². The fourth-order valence-electron chi connectivity index (χ4n) is 1.69. The van der Waals surface area contributed by atoms with Crippen molar-refractivity contribution in [3.8, 4) is 0 Å². The minimum absolute atomic E-state index is 0.174. The van der Waals surface area contributed by atoms with Gasteiger partial charge in [0.1, 0.15) is 5.02 Å². The number of rotatable bonds is 8. The van der Waals surface area contributed by atoms with Gasteiger partial charge in [-0.05, 0) is 34.0 Å². The van der Waals surface area contributed by atoms with Crippen LogP contribution in [0.3, 0.4) is 0 Å². The maximum Gasteiger partial charge on any atom is 0.287 e. The number of hydrogen-bond acceptors (Lipinski definition) is 5. The molecule has 1 N–H and O–H groups in total. The van der Waals surface area contributed by atoms with Gasteiger partial charge in [0.25, 0.3) is 5.56 Å². The van der Waals surface area contributed by atoms with Crippen LogP contribution in [-0.2, 0) is 11.3 Å². The van der Waals surface area contributed by atoms with Gasteiger partial charge in [-0.15, -0.1) is 0 Å². The summed E-state index contributed by atoms with van der Waals surface area (Å²) < 4.78 is 6.23. The summed E-state index contributed by atoms with van der Waals surface area (Å²) in [5.74, 6) is 0. The number of nitrogens with one attached hydrogen (secondary N) is 1. The Hall–Kier alpha value is -1.11. The van der Waals surface area contributed by atoms with E-state index in [-0.39, 0.29) is 16.6 Å². The fourth-order valence-corrected chi connectivity index (χ4v) is 1.89. The molecule has 0 aliphatic heterocycles. The van der Waals surface area contributed by atoms with Gasteiger partial charge in [-0.3, -0.25) is 4.79 Å². The van der Waals surface area contributed by atoms with Crippen LogP contribution in [0.4, 0.5) is 5.69 Å². The summed E-state index contributed by atoms with van der Waals surface area (Å²) in [7, 11) is 5.63. The van der Waals surface area contributed by atoms with Crippen LogP contribution >= 0.6 is 11.6 Å². The Kier molecular flexibility index (Phi) is 6.98. The molecule has 0 saturated carbocycles. The Morgan fingerprint density at radius 2 is 2.25 bits per heavy atom. The van der Waals surface area contributed by atoms with Crippen molar-refractivity contribution >= 4 is 17.3 Å². The predicted octanol–water partition coefficient (Wildman–Crippen LogP) is 1.30. The zero-order chi connectivity index (χ0) is 15.1. The third-order valence-corrected chi connectivity index (χ3v) is 3.27. The molecule has 1 aromatic heterocycles. The summed E-state index contributed by atoms with van der Waals surface area (Å²) in [5.41, 5.74) is 0.283. The van der Waals surface area contributed by atoms with E-state index in [1.165, 1.54) is 4.68 Å². The Labute approximate surface area is 124 Å². The van der Waals surface area contributed by atoms with E-state index in [0.717, 1.165) is 13.0 Å². The minimum atomic E-state index is -0.298. The molecule has 1 aromatic rings. The quantitative estimate of drug-likeness (QED) is 0.784. The molecule has 20 heavy (non-hydrogen) atoms. The Bertz CT molecular complexity index is 476. The van der Waals surface area contributed by atoms with Crippen molar-refractivity contribution in [3.05, 3.63) is 21.6 Å².